The van der Waals surface area contributed by atoms with Crippen molar-refractivity contribution < 1.29 is 0 Å². The van der Waals surface area contributed by atoms with Crippen LogP contribution in [0.3, 0.4) is 0 Å². The normalized spacial score (nSPS) is 18.5. The summed E-state index contributed by atoms with van der Waals surface area (Å²) in [6, 6.07) is 9.86. The minimum Gasteiger partial charge on any atom is -0.366 e. The zero-order chi connectivity index (χ0) is 21.3. The fourth-order valence-electron chi connectivity index (χ4n) is 4.47. The maximum Gasteiger partial charge on any atom is 0.148 e. The summed E-state index contributed by atoms with van der Waals surface area (Å²) in [4.78, 5) is 2.66. The van der Waals surface area contributed by atoms with E-state index in [4.69, 9.17) is 23.2 Å². The second-order valence-corrected chi connectivity index (χ2v) is 9.06. The van der Waals surface area contributed by atoms with Gasteiger partial charge in [-0.25, -0.2) is 0 Å². The zero-order valence-corrected chi connectivity index (χ0v) is 19.7. The van der Waals surface area contributed by atoms with Crippen LogP contribution < -0.4 is 5.32 Å². The smallest absolute Gasteiger partial charge is 0.148 e. The predicted octanol–water partition coefficient (Wildman–Crippen LogP) is 6.93. The van der Waals surface area contributed by atoms with Gasteiger partial charge < -0.3 is 10.2 Å². The molecular weight excluding hydrogens is 415 g/mol. The van der Waals surface area contributed by atoms with E-state index < -0.39 is 0 Å². The maximum absolute atomic E-state index is 6.08. The minimum absolute atomic E-state index is 0.475. The molecule has 0 amide bonds. The van der Waals surface area contributed by atoms with E-state index in [1.165, 1.54) is 64.6 Å². The molecule has 2 aromatic rings. The summed E-state index contributed by atoms with van der Waals surface area (Å²) >= 11 is 12.2. The summed E-state index contributed by atoms with van der Waals surface area (Å²) in [6.45, 7) is 7.66. The molecule has 0 spiro atoms. The molecule has 1 N–H and O–H groups in total. The second-order valence-electron chi connectivity index (χ2n) is 8.19. The number of nitrogens with zero attached hydrogens (tertiary/aromatic N) is 3. The molecule has 6 heteroatoms. The highest BCUT2D eigenvalue weighted by molar-refractivity contribution is 6.35. The van der Waals surface area contributed by atoms with Gasteiger partial charge in [0.1, 0.15) is 5.82 Å². The third kappa shape index (κ3) is 6.83. The van der Waals surface area contributed by atoms with Gasteiger partial charge in [0.25, 0.3) is 0 Å². The Morgan fingerprint density at radius 1 is 0.900 bits per heavy atom. The van der Waals surface area contributed by atoms with Crippen LogP contribution in [0, 0.1) is 5.92 Å². The highest BCUT2D eigenvalue weighted by atomic mass is 35.5. The molecular formula is C24H34Cl2N4. The van der Waals surface area contributed by atoms with Gasteiger partial charge in [-0.05, 0) is 61.9 Å². The van der Waals surface area contributed by atoms with E-state index in [1.54, 1.807) is 6.07 Å². The van der Waals surface area contributed by atoms with Gasteiger partial charge in [-0.2, -0.15) is 0 Å². The summed E-state index contributed by atoms with van der Waals surface area (Å²) in [5.41, 5.74) is 1.66. The lowest BCUT2D eigenvalue weighted by Crippen LogP contribution is -2.41. The lowest BCUT2D eigenvalue weighted by atomic mass is 9.88. The highest BCUT2D eigenvalue weighted by Crippen LogP contribution is 2.27. The monoisotopic (exact) mass is 448 g/mol. The number of anilines is 1. The van der Waals surface area contributed by atoms with E-state index >= 15 is 0 Å². The summed E-state index contributed by atoms with van der Waals surface area (Å²) in [7, 11) is 0. The molecule has 4 nitrogen and oxygen atoms in total. The van der Waals surface area contributed by atoms with Gasteiger partial charge >= 0.3 is 0 Å². The van der Waals surface area contributed by atoms with E-state index in [0.717, 1.165) is 23.0 Å². The van der Waals surface area contributed by atoms with Crippen molar-refractivity contribution in [2.24, 2.45) is 5.92 Å². The Bertz CT molecular complexity index is 747. The standard InChI is InChI=1S/C22H28Cl2N4.C2H6/c23-18-12-17(13-19(24)14-18)21-6-7-22(27-26-21)25-20-8-10-28(11-9-20)15-16-4-2-1-3-5-16;1-2/h6-7,12-14,16,20H,1-5,8-11,15H2,(H,25,27);1-2H3. The van der Waals surface area contributed by atoms with Crippen molar-refractivity contribution in [1.82, 2.24) is 15.1 Å². The topological polar surface area (TPSA) is 41.0 Å². The molecule has 1 aliphatic carbocycles. The minimum atomic E-state index is 0.475. The first-order valence-electron chi connectivity index (χ1n) is 11.4. The van der Waals surface area contributed by atoms with Gasteiger partial charge in [0.05, 0.1) is 5.69 Å². The van der Waals surface area contributed by atoms with E-state index in [2.05, 4.69) is 20.4 Å². The molecule has 30 heavy (non-hydrogen) atoms. The van der Waals surface area contributed by atoms with Crippen LogP contribution in [0.2, 0.25) is 10.0 Å². The number of piperidine rings is 1. The molecule has 1 aromatic heterocycles. The van der Waals surface area contributed by atoms with Crippen molar-refractivity contribution in [3.63, 3.8) is 0 Å². The van der Waals surface area contributed by atoms with E-state index in [0.29, 0.717) is 16.1 Å². The first-order chi connectivity index (χ1) is 14.7. The van der Waals surface area contributed by atoms with Gasteiger partial charge in [-0.1, -0.05) is 56.3 Å². The van der Waals surface area contributed by atoms with Crippen LogP contribution in [0.5, 0.6) is 0 Å². The van der Waals surface area contributed by atoms with Crippen molar-refractivity contribution in [2.75, 3.05) is 25.0 Å². The summed E-state index contributed by atoms with van der Waals surface area (Å²) in [5.74, 6) is 1.76. The number of rotatable bonds is 5. The summed E-state index contributed by atoms with van der Waals surface area (Å²) in [6.07, 6.45) is 9.49. The molecule has 0 atom stereocenters. The number of nitrogens with one attached hydrogen (secondary N) is 1. The van der Waals surface area contributed by atoms with E-state index in [-0.39, 0.29) is 0 Å². The van der Waals surface area contributed by atoms with Crippen molar-refractivity contribution in [3.8, 4) is 11.3 Å². The van der Waals surface area contributed by atoms with Crippen LogP contribution in [0.1, 0.15) is 58.8 Å². The van der Waals surface area contributed by atoms with E-state index in [9.17, 15) is 0 Å². The molecule has 2 aliphatic rings. The van der Waals surface area contributed by atoms with Crippen LogP contribution in [-0.2, 0) is 0 Å². The van der Waals surface area contributed by atoms with Gasteiger partial charge in [0, 0.05) is 41.3 Å². The Morgan fingerprint density at radius 2 is 1.57 bits per heavy atom. The zero-order valence-electron chi connectivity index (χ0n) is 18.2. The Morgan fingerprint density at radius 3 is 2.17 bits per heavy atom. The number of hydrogen-bond donors (Lipinski definition) is 1. The van der Waals surface area contributed by atoms with E-state index in [1.807, 2.05) is 38.1 Å². The third-order valence-corrected chi connectivity index (χ3v) is 6.44. The molecule has 0 unspecified atom stereocenters. The fourth-order valence-corrected chi connectivity index (χ4v) is 4.99. The molecule has 0 bridgehead atoms. The number of likely N-dealkylation sites (tertiary alicyclic amines) is 1. The molecule has 2 heterocycles. The maximum atomic E-state index is 6.08. The molecule has 0 radical (unpaired) electrons. The van der Waals surface area contributed by atoms with Crippen LogP contribution in [-0.4, -0.2) is 40.8 Å². The average molecular weight is 449 g/mol. The molecule has 2 fully saturated rings. The van der Waals surface area contributed by atoms with Gasteiger partial charge in [-0.15, -0.1) is 10.2 Å². The first kappa shape index (κ1) is 23.3. The molecule has 4 rings (SSSR count). The first-order valence-corrected chi connectivity index (χ1v) is 12.2. The summed E-state index contributed by atoms with van der Waals surface area (Å²) < 4.78 is 0. The summed E-state index contributed by atoms with van der Waals surface area (Å²) in [5, 5.41) is 13.5. The largest absolute Gasteiger partial charge is 0.366 e. The highest BCUT2D eigenvalue weighted by Gasteiger charge is 2.23. The van der Waals surface area contributed by atoms with Crippen molar-refractivity contribution in [1.29, 1.82) is 0 Å². The molecule has 1 saturated heterocycles. The van der Waals surface area contributed by atoms with Crippen molar-refractivity contribution >= 4 is 29.0 Å². The Kier molecular flexibility index (Phi) is 9.23. The number of benzene rings is 1. The van der Waals surface area contributed by atoms with Crippen molar-refractivity contribution in [3.05, 3.63) is 40.4 Å². The van der Waals surface area contributed by atoms with Gasteiger partial charge in [-0.3, -0.25) is 0 Å². The quantitative estimate of drug-likeness (QED) is 0.537. The number of hydrogen-bond acceptors (Lipinski definition) is 4. The van der Waals surface area contributed by atoms with Crippen LogP contribution in [0.15, 0.2) is 30.3 Å². The van der Waals surface area contributed by atoms with Crippen LogP contribution >= 0.6 is 23.2 Å². The molecule has 1 aromatic carbocycles. The third-order valence-electron chi connectivity index (χ3n) is 6.00. The average Bonchev–Trinajstić information content (AvgIpc) is 2.77. The predicted molar refractivity (Wildman–Crippen MR) is 128 cm³/mol. The van der Waals surface area contributed by atoms with Gasteiger partial charge in [0.15, 0.2) is 0 Å². The molecule has 164 valence electrons. The van der Waals surface area contributed by atoms with Gasteiger partial charge in [0.2, 0.25) is 0 Å². The Labute approximate surface area is 191 Å². The number of aromatic nitrogens is 2. The van der Waals surface area contributed by atoms with Crippen LogP contribution in [0.4, 0.5) is 5.82 Å². The molecule has 1 aliphatic heterocycles. The Hall–Kier alpha value is -1.36. The lowest BCUT2D eigenvalue weighted by molar-refractivity contribution is 0.168. The van der Waals surface area contributed by atoms with Crippen molar-refractivity contribution in [2.45, 2.75) is 64.8 Å². The second kappa shape index (κ2) is 11.9. The lowest BCUT2D eigenvalue weighted by Gasteiger charge is -2.35. The number of halogens is 2. The fraction of sp³-hybridized carbons (Fsp3) is 0.583. The molecule has 1 saturated carbocycles. The Balaban J connectivity index is 0.00000124. The SMILES string of the molecule is CC.Clc1cc(Cl)cc(-c2ccc(NC3CCN(CC4CCCCC4)CC3)nn2)c1. The van der Waals surface area contributed by atoms with Crippen LogP contribution in [0.25, 0.3) is 11.3 Å².